The van der Waals surface area contributed by atoms with E-state index in [1.807, 2.05) is 0 Å². The van der Waals surface area contributed by atoms with Gasteiger partial charge in [0.05, 0.1) is 4.92 Å². The van der Waals surface area contributed by atoms with Crippen molar-refractivity contribution in [3.8, 4) is 0 Å². The molecule has 0 unspecified atom stereocenters. The van der Waals surface area contributed by atoms with Crippen molar-refractivity contribution in [3.63, 3.8) is 0 Å². The number of benzene rings is 1. The van der Waals surface area contributed by atoms with Crippen LogP contribution in [0, 0.1) is 10.1 Å². The van der Waals surface area contributed by atoms with Crippen molar-refractivity contribution in [2.75, 3.05) is 13.1 Å². The Hall–Kier alpha value is -2.63. The SMILES string of the molecule is O=C1C(=C2NCCN2)CCC/C1=C\c1cccc([N+](=O)[O-])c1. The largest absolute Gasteiger partial charge is 0.370 e. The summed E-state index contributed by atoms with van der Waals surface area (Å²) in [7, 11) is 0. The Morgan fingerprint density at radius 3 is 2.68 bits per heavy atom. The molecule has 1 aromatic rings. The molecule has 1 aliphatic heterocycles. The fourth-order valence-electron chi connectivity index (χ4n) is 2.83. The minimum atomic E-state index is -0.426. The molecule has 0 amide bonds. The summed E-state index contributed by atoms with van der Waals surface area (Å²) in [6.45, 7) is 1.66. The highest BCUT2D eigenvalue weighted by atomic mass is 16.6. The van der Waals surface area contributed by atoms with Crippen LogP contribution >= 0.6 is 0 Å². The Bertz CT molecular complexity index is 684. The van der Waals surface area contributed by atoms with E-state index in [4.69, 9.17) is 0 Å². The third-order valence-electron chi connectivity index (χ3n) is 3.89. The molecule has 2 aliphatic rings. The monoisotopic (exact) mass is 299 g/mol. The number of nitro benzene ring substituents is 1. The van der Waals surface area contributed by atoms with Crippen LogP contribution in [0.25, 0.3) is 6.08 Å². The molecule has 1 saturated carbocycles. The van der Waals surface area contributed by atoms with Crippen molar-refractivity contribution in [2.24, 2.45) is 0 Å². The van der Waals surface area contributed by atoms with Gasteiger partial charge in [0, 0.05) is 36.4 Å². The number of nitro groups is 1. The first-order chi connectivity index (χ1) is 10.6. The highest BCUT2D eigenvalue weighted by molar-refractivity contribution is 6.12. The van der Waals surface area contributed by atoms with Gasteiger partial charge in [-0.25, -0.2) is 0 Å². The summed E-state index contributed by atoms with van der Waals surface area (Å²) in [5.41, 5.74) is 2.23. The first kappa shape index (κ1) is 14.3. The van der Waals surface area contributed by atoms with Gasteiger partial charge in [-0.1, -0.05) is 12.1 Å². The van der Waals surface area contributed by atoms with Gasteiger partial charge in [-0.3, -0.25) is 14.9 Å². The van der Waals surface area contributed by atoms with E-state index in [1.54, 1.807) is 18.2 Å². The smallest absolute Gasteiger partial charge is 0.270 e. The molecule has 2 fully saturated rings. The van der Waals surface area contributed by atoms with Crippen LogP contribution in [0.5, 0.6) is 0 Å². The lowest BCUT2D eigenvalue weighted by Gasteiger charge is -2.18. The van der Waals surface area contributed by atoms with Crippen LogP contribution in [0.3, 0.4) is 0 Å². The lowest BCUT2D eigenvalue weighted by atomic mass is 9.87. The standard InChI is InChI=1S/C16H17N3O3/c20-15-12(4-2-6-14(15)16-17-7-8-18-16)9-11-3-1-5-13(10-11)19(21)22/h1,3,5,9-10,17-18H,2,4,6-8H2/b12-9+. The maximum Gasteiger partial charge on any atom is 0.270 e. The van der Waals surface area contributed by atoms with Crippen molar-refractivity contribution < 1.29 is 9.72 Å². The molecule has 114 valence electrons. The lowest BCUT2D eigenvalue weighted by molar-refractivity contribution is -0.384. The predicted octanol–water partition coefficient (Wildman–Crippen LogP) is 2.14. The molecule has 3 rings (SSSR count). The number of carbonyl (C=O) groups is 1. The zero-order valence-corrected chi connectivity index (χ0v) is 12.1. The Kier molecular flexibility index (Phi) is 3.91. The molecule has 6 nitrogen and oxygen atoms in total. The summed E-state index contributed by atoms with van der Waals surface area (Å²) in [6.07, 6.45) is 4.15. The highest BCUT2D eigenvalue weighted by Gasteiger charge is 2.25. The lowest BCUT2D eigenvalue weighted by Crippen LogP contribution is -2.22. The minimum Gasteiger partial charge on any atom is -0.370 e. The average Bonchev–Trinajstić information content (AvgIpc) is 3.04. The number of rotatable bonds is 2. The quantitative estimate of drug-likeness (QED) is 0.496. The fourth-order valence-corrected chi connectivity index (χ4v) is 2.83. The van der Waals surface area contributed by atoms with Crippen LogP contribution in [0.1, 0.15) is 24.8 Å². The van der Waals surface area contributed by atoms with Gasteiger partial charge in [0.15, 0.2) is 5.78 Å². The zero-order valence-electron chi connectivity index (χ0n) is 12.1. The molecule has 0 aromatic heterocycles. The van der Waals surface area contributed by atoms with Gasteiger partial charge in [-0.2, -0.15) is 0 Å². The third kappa shape index (κ3) is 2.86. The molecule has 2 N–H and O–H groups in total. The first-order valence-corrected chi connectivity index (χ1v) is 7.36. The summed E-state index contributed by atoms with van der Waals surface area (Å²) in [5, 5.41) is 17.2. The van der Waals surface area contributed by atoms with Crippen LogP contribution in [-0.4, -0.2) is 23.8 Å². The number of hydrogen-bond donors (Lipinski definition) is 2. The van der Waals surface area contributed by atoms with E-state index < -0.39 is 4.92 Å². The van der Waals surface area contributed by atoms with Crippen molar-refractivity contribution in [1.29, 1.82) is 0 Å². The molecule has 0 bridgehead atoms. The van der Waals surface area contributed by atoms with Crippen molar-refractivity contribution in [1.82, 2.24) is 10.6 Å². The van der Waals surface area contributed by atoms with E-state index in [9.17, 15) is 14.9 Å². The Balaban J connectivity index is 1.90. The molecular formula is C16H17N3O3. The molecule has 22 heavy (non-hydrogen) atoms. The fraction of sp³-hybridized carbons (Fsp3) is 0.312. The van der Waals surface area contributed by atoms with Gasteiger partial charge < -0.3 is 10.6 Å². The normalized spacial score (nSPS) is 20.0. The summed E-state index contributed by atoms with van der Waals surface area (Å²) in [4.78, 5) is 23.0. The van der Waals surface area contributed by atoms with E-state index in [0.29, 0.717) is 17.6 Å². The van der Waals surface area contributed by atoms with Gasteiger partial charge >= 0.3 is 0 Å². The molecular weight excluding hydrogens is 282 g/mol. The van der Waals surface area contributed by atoms with E-state index in [2.05, 4.69) is 10.6 Å². The molecule has 1 saturated heterocycles. The van der Waals surface area contributed by atoms with Crippen LogP contribution in [-0.2, 0) is 4.79 Å². The van der Waals surface area contributed by atoms with E-state index in [1.165, 1.54) is 12.1 Å². The van der Waals surface area contributed by atoms with E-state index in [-0.39, 0.29) is 11.5 Å². The molecule has 0 atom stereocenters. The summed E-state index contributed by atoms with van der Waals surface area (Å²) < 4.78 is 0. The number of allylic oxidation sites excluding steroid dienone is 2. The van der Waals surface area contributed by atoms with Crippen molar-refractivity contribution in [2.45, 2.75) is 19.3 Å². The summed E-state index contributed by atoms with van der Waals surface area (Å²) >= 11 is 0. The van der Waals surface area contributed by atoms with Gasteiger partial charge in [0.2, 0.25) is 0 Å². The van der Waals surface area contributed by atoms with Gasteiger partial charge in [-0.05, 0) is 30.9 Å². The predicted molar refractivity (Wildman–Crippen MR) is 83.0 cm³/mol. The van der Waals surface area contributed by atoms with Crippen molar-refractivity contribution >= 4 is 17.5 Å². The molecule has 1 aromatic carbocycles. The Morgan fingerprint density at radius 1 is 1.18 bits per heavy atom. The molecule has 0 radical (unpaired) electrons. The first-order valence-electron chi connectivity index (χ1n) is 7.36. The number of ketones is 1. The Morgan fingerprint density at radius 2 is 1.95 bits per heavy atom. The maximum absolute atomic E-state index is 12.6. The second-order valence-corrected chi connectivity index (χ2v) is 5.41. The van der Waals surface area contributed by atoms with E-state index in [0.717, 1.165) is 37.3 Å². The topological polar surface area (TPSA) is 84.3 Å². The second kappa shape index (κ2) is 6.01. The third-order valence-corrected chi connectivity index (χ3v) is 3.89. The second-order valence-electron chi connectivity index (χ2n) is 5.41. The number of nitrogens with zero attached hydrogens (tertiary/aromatic N) is 1. The van der Waals surface area contributed by atoms with Gasteiger partial charge in [0.25, 0.3) is 5.69 Å². The minimum absolute atomic E-state index is 0.0367. The molecule has 1 aliphatic carbocycles. The average molecular weight is 299 g/mol. The zero-order chi connectivity index (χ0) is 15.5. The number of carbonyl (C=O) groups excluding carboxylic acids is 1. The van der Waals surface area contributed by atoms with Crippen LogP contribution in [0.2, 0.25) is 0 Å². The molecule has 6 heteroatoms. The number of non-ortho nitro benzene ring substituents is 1. The molecule has 0 spiro atoms. The number of hydrogen-bond acceptors (Lipinski definition) is 5. The summed E-state index contributed by atoms with van der Waals surface area (Å²) in [6, 6.07) is 6.36. The number of nitrogens with one attached hydrogen (secondary N) is 2. The number of Topliss-reactive ketones (excluding diaryl/α,β-unsaturated/α-hetero) is 1. The van der Waals surface area contributed by atoms with Crippen LogP contribution in [0.4, 0.5) is 5.69 Å². The summed E-state index contributed by atoms with van der Waals surface area (Å²) in [5.74, 6) is 0.879. The van der Waals surface area contributed by atoms with Crippen LogP contribution < -0.4 is 10.6 Å². The van der Waals surface area contributed by atoms with Crippen molar-refractivity contribution in [3.05, 3.63) is 56.9 Å². The van der Waals surface area contributed by atoms with Gasteiger partial charge in [-0.15, -0.1) is 0 Å². The van der Waals surface area contributed by atoms with Crippen LogP contribution in [0.15, 0.2) is 41.2 Å². The highest BCUT2D eigenvalue weighted by Crippen LogP contribution is 2.28. The maximum atomic E-state index is 12.6. The van der Waals surface area contributed by atoms with Gasteiger partial charge in [0.1, 0.15) is 5.82 Å². The molecule has 1 heterocycles. The van der Waals surface area contributed by atoms with E-state index >= 15 is 0 Å². The Labute approximate surface area is 128 Å².